The van der Waals surface area contributed by atoms with Crippen LogP contribution in [-0.4, -0.2) is 11.5 Å². The number of rotatable bonds is 3. The van der Waals surface area contributed by atoms with Crippen LogP contribution in [0.2, 0.25) is 10.0 Å². The van der Waals surface area contributed by atoms with Crippen LogP contribution in [0.1, 0.15) is 24.6 Å². The zero-order valence-electron chi connectivity index (χ0n) is 10.8. The van der Waals surface area contributed by atoms with Crippen molar-refractivity contribution < 1.29 is 0 Å². The first kappa shape index (κ1) is 13.4. The molecular formula is C14H16Cl2N2. The van der Waals surface area contributed by atoms with Gasteiger partial charge in [-0.3, -0.25) is 4.98 Å². The summed E-state index contributed by atoms with van der Waals surface area (Å²) in [4.78, 5) is 4.55. The van der Waals surface area contributed by atoms with Crippen molar-refractivity contribution in [2.75, 3.05) is 11.9 Å². The number of aryl methyl sites for hydroxylation is 1. The number of nitrogens with one attached hydrogen (secondary N) is 1. The summed E-state index contributed by atoms with van der Waals surface area (Å²) in [5, 5.41) is 5.67. The monoisotopic (exact) mass is 282 g/mol. The van der Waals surface area contributed by atoms with E-state index in [2.05, 4.69) is 24.1 Å². The fourth-order valence-corrected chi connectivity index (χ4v) is 2.43. The van der Waals surface area contributed by atoms with E-state index in [1.165, 1.54) is 0 Å². The molecule has 0 saturated heterocycles. The average Bonchev–Trinajstić information content (AvgIpc) is 2.35. The number of halogens is 2. The lowest BCUT2D eigenvalue weighted by molar-refractivity contribution is 0.977. The standard InChI is InChI=1S/C14H16Cl2N2/c1-4-7-17-13-8(2)9(3)18-14-11(16)6-5-10(15)12(13)14/h5-6H,4,7H2,1-3H3,(H,17,18). The lowest BCUT2D eigenvalue weighted by Crippen LogP contribution is -2.05. The molecule has 0 unspecified atom stereocenters. The minimum atomic E-state index is 0.636. The summed E-state index contributed by atoms with van der Waals surface area (Å²) in [6.45, 7) is 7.08. The highest BCUT2D eigenvalue weighted by molar-refractivity contribution is 6.40. The molecule has 0 amide bonds. The number of nitrogens with zero attached hydrogens (tertiary/aromatic N) is 1. The van der Waals surface area contributed by atoms with Crippen molar-refractivity contribution in [2.45, 2.75) is 27.2 Å². The Labute approximate surface area is 117 Å². The van der Waals surface area contributed by atoms with Crippen LogP contribution in [-0.2, 0) is 0 Å². The minimum absolute atomic E-state index is 0.636. The molecule has 2 nitrogen and oxygen atoms in total. The second-order valence-corrected chi connectivity index (χ2v) is 5.19. The van der Waals surface area contributed by atoms with Gasteiger partial charge in [-0.15, -0.1) is 0 Å². The largest absolute Gasteiger partial charge is 0.384 e. The van der Waals surface area contributed by atoms with E-state index in [1.807, 2.05) is 13.0 Å². The highest BCUT2D eigenvalue weighted by atomic mass is 35.5. The quantitative estimate of drug-likeness (QED) is 0.859. The SMILES string of the molecule is CCCNc1c(C)c(C)nc2c(Cl)ccc(Cl)c12. The van der Waals surface area contributed by atoms with Crippen LogP contribution in [0.4, 0.5) is 5.69 Å². The van der Waals surface area contributed by atoms with Crippen molar-refractivity contribution in [2.24, 2.45) is 0 Å². The summed E-state index contributed by atoms with van der Waals surface area (Å²) < 4.78 is 0. The molecule has 1 heterocycles. The highest BCUT2D eigenvalue weighted by Crippen LogP contribution is 2.36. The van der Waals surface area contributed by atoms with Crippen molar-refractivity contribution in [1.29, 1.82) is 0 Å². The van der Waals surface area contributed by atoms with Crippen molar-refractivity contribution >= 4 is 39.8 Å². The molecule has 0 radical (unpaired) electrons. The Hall–Kier alpha value is -0.990. The molecule has 0 spiro atoms. The van der Waals surface area contributed by atoms with Gasteiger partial charge in [0, 0.05) is 23.3 Å². The Morgan fingerprint density at radius 3 is 2.50 bits per heavy atom. The van der Waals surface area contributed by atoms with Crippen molar-refractivity contribution in [3.05, 3.63) is 33.4 Å². The molecule has 1 aromatic heterocycles. The molecule has 2 aromatic rings. The van der Waals surface area contributed by atoms with E-state index in [0.717, 1.165) is 40.8 Å². The molecule has 96 valence electrons. The van der Waals surface area contributed by atoms with Gasteiger partial charge in [0.25, 0.3) is 0 Å². The normalized spacial score (nSPS) is 10.9. The fraction of sp³-hybridized carbons (Fsp3) is 0.357. The van der Waals surface area contributed by atoms with Gasteiger partial charge in [0.15, 0.2) is 0 Å². The van der Waals surface area contributed by atoms with E-state index in [-0.39, 0.29) is 0 Å². The van der Waals surface area contributed by atoms with Crippen LogP contribution < -0.4 is 5.32 Å². The molecule has 0 atom stereocenters. The molecule has 0 saturated carbocycles. The summed E-state index contributed by atoms with van der Waals surface area (Å²) in [5.74, 6) is 0. The van der Waals surface area contributed by atoms with Crippen molar-refractivity contribution in [1.82, 2.24) is 4.98 Å². The summed E-state index contributed by atoms with van der Waals surface area (Å²) in [6.07, 6.45) is 1.06. The summed E-state index contributed by atoms with van der Waals surface area (Å²) in [7, 11) is 0. The molecule has 0 bridgehead atoms. The minimum Gasteiger partial charge on any atom is -0.384 e. The van der Waals surface area contributed by atoms with Crippen LogP contribution in [0.15, 0.2) is 12.1 Å². The second kappa shape index (κ2) is 5.33. The smallest absolute Gasteiger partial charge is 0.0927 e. The maximum atomic E-state index is 6.30. The molecular weight excluding hydrogens is 267 g/mol. The fourth-order valence-electron chi connectivity index (χ4n) is 1.98. The summed E-state index contributed by atoms with van der Waals surface area (Å²) in [6, 6.07) is 3.61. The zero-order chi connectivity index (χ0) is 13.3. The molecule has 0 aliphatic rings. The Morgan fingerprint density at radius 2 is 1.83 bits per heavy atom. The molecule has 1 N–H and O–H groups in total. The van der Waals surface area contributed by atoms with E-state index in [4.69, 9.17) is 23.2 Å². The van der Waals surface area contributed by atoms with Crippen LogP contribution in [0.3, 0.4) is 0 Å². The van der Waals surface area contributed by atoms with E-state index < -0.39 is 0 Å². The average molecular weight is 283 g/mol. The molecule has 2 rings (SSSR count). The van der Waals surface area contributed by atoms with Crippen LogP contribution in [0, 0.1) is 13.8 Å². The van der Waals surface area contributed by atoms with Gasteiger partial charge in [0.05, 0.1) is 15.6 Å². The van der Waals surface area contributed by atoms with Crippen LogP contribution in [0.25, 0.3) is 10.9 Å². The summed E-state index contributed by atoms with van der Waals surface area (Å²) in [5.41, 5.74) is 3.92. The Morgan fingerprint density at radius 1 is 1.17 bits per heavy atom. The lowest BCUT2D eigenvalue weighted by Gasteiger charge is -2.15. The first-order valence-electron chi connectivity index (χ1n) is 6.05. The van der Waals surface area contributed by atoms with E-state index in [0.29, 0.717) is 10.0 Å². The van der Waals surface area contributed by atoms with Gasteiger partial charge in [-0.1, -0.05) is 30.1 Å². The van der Waals surface area contributed by atoms with Crippen LogP contribution in [0.5, 0.6) is 0 Å². The van der Waals surface area contributed by atoms with E-state index in [1.54, 1.807) is 6.07 Å². The molecule has 4 heteroatoms. The Kier molecular flexibility index (Phi) is 3.98. The zero-order valence-corrected chi connectivity index (χ0v) is 12.3. The maximum absolute atomic E-state index is 6.30. The first-order valence-corrected chi connectivity index (χ1v) is 6.80. The number of aromatic nitrogens is 1. The number of hydrogen-bond donors (Lipinski definition) is 1. The van der Waals surface area contributed by atoms with Gasteiger partial charge in [0.1, 0.15) is 0 Å². The molecule has 0 fully saturated rings. The Balaban J connectivity index is 2.79. The van der Waals surface area contributed by atoms with Crippen molar-refractivity contribution in [3.8, 4) is 0 Å². The molecule has 18 heavy (non-hydrogen) atoms. The summed E-state index contributed by atoms with van der Waals surface area (Å²) >= 11 is 12.5. The molecule has 1 aromatic carbocycles. The number of pyridine rings is 1. The number of hydrogen-bond acceptors (Lipinski definition) is 2. The highest BCUT2D eigenvalue weighted by Gasteiger charge is 2.14. The van der Waals surface area contributed by atoms with E-state index >= 15 is 0 Å². The van der Waals surface area contributed by atoms with Crippen LogP contribution >= 0.6 is 23.2 Å². The lowest BCUT2D eigenvalue weighted by atomic mass is 10.1. The predicted octanol–water partition coefficient (Wildman–Crippen LogP) is 4.98. The third-order valence-electron chi connectivity index (χ3n) is 3.08. The molecule has 0 aliphatic carbocycles. The topological polar surface area (TPSA) is 24.9 Å². The van der Waals surface area contributed by atoms with Gasteiger partial charge in [-0.25, -0.2) is 0 Å². The Bertz CT molecular complexity index is 594. The van der Waals surface area contributed by atoms with Gasteiger partial charge >= 0.3 is 0 Å². The maximum Gasteiger partial charge on any atom is 0.0927 e. The van der Waals surface area contributed by atoms with Gasteiger partial charge in [-0.2, -0.15) is 0 Å². The number of anilines is 1. The number of benzene rings is 1. The van der Waals surface area contributed by atoms with Gasteiger partial charge in [0.2, 0.25) is 0 Å². The third-order valence-corrected chi connectivity index (χ3v) is 3.70. The first-order chi connectivity index (χ1) is 8.56. The van der Waals surface area contributed by atoms with Gasteiger partial charge < -0.3 is 5.32 Å². The van der Waals surface area contributed by atoms with Gasteiger partial charge in [-0.05, 0) is 38.0 Å². The second-order valence-electron chi connectivity index (χ2n) is 4.38. The van der Waals surface area contributed by atoms with Crippen molar-refractivity contribution in [3.63, 3.8) is 0 Å². The predicted molar refractivity (Wildman–Crippen MR) is 80.0 cm³/mol. The number of fused-ring (bicyclic) bond motifs is 1. The van der Waals surface area contributed by atoms with E-state index in [9.17, 15) is 0 Å². The molecule has 0 aliphatic heterocycles. The third kappa shape index (κ3) is 2.27.